The van der Waals surface area contributed by atoms with Gasteiger partial charge in [-0.15, -0.1) is 11.8 Å². The van der Waals surface area contributed by atoms with Gasteiger partial charge in [0, 0.05) is 40.8 Å². The number of rotatable bonds is 6. The minimum Gasteiger partial charge on any atom is -0.385 e. The molecule has 2 aromatic rings. The van der Waals surface area contributed by atoms with Gasteiger partial charge in [-0.3, -0.25) is 10.1 Å². The third-order valence-corrected chi connectivity index (χ3v) is 4.20. The summed E-state index contributed by atoms with van der Waals surface area (Å²) in [5.41, 5.74) is 1.93. The fourth-order valence-electron chi connectivity index (χ4n) is 1.78. The van der Waals surface area contributed by atoms with Crippen molar-refractivity contribution in [3.05, 3.63) is 56.7 Å². The molecule has 2 rings (SSSR count). The van der Waals surface area contributed by atoms with Crippen LogP contribution in [-0.2, 0) is 5.75 Å². The summed E-state index contributed by atoms with van der Waals surface area (Å²) < 4.78 is 0.926. The van der Waals surface area contributed by atoms with Crippen molar-refractivity contribution in [3.8, 4) is 0 Å². The van der Waals surface area contributed by atoms with Crippen LogP contribution in [0.4, 0.5) is 11.4 Å². The van der Waals surface area contributed by atoms with E-state index in [0.29, 0.717) is 5.75 Å². The molecular formula is C14H14BrN3O2S. The predicted molar refractivity (Wildman–Crippen MR) is 88.8 cm³/mol. The van der Waals surface area contributed by atoms with Crippen molar-refractivity contribution in [2.45, 2.75) is 17.7 Å². The summed E-state index contributed by atoms with van der Waals surface area (Å²) in [6.45, 7) is 2.76. The van der Waals surface area contributed by atoms with Gasteiger partial charge in [-0.2, -0.15) is 0 Å². The van der Waals surface area contributed by atoms with Gasteiger partial charge in [-0.05, 0) is 46.6 Å². The van der Waals surface area contributed by atoms with Gasteiger partial charge in [0.15, 0.2) is 0 Å². The van der Waals surface area contributed by atoms with Crippen LogP contribution in [0.5, 0.6) is 0 Å². The van der Waals surface area contributed by atoms with E-state index in [9.17, 15) is 10.1 Å². The van der Waals surface area contributed by atoms with Crippen molar-refractivity contribution >= 4 is 39.1 Å². The molecule has 7 heteroatoms. The van der Waals surface area contributed by atoms with E-state index in [1.807, 2.05) is 19.1 Å². The second kappa shape index (κ2) is 7.42. The van der Waals surface area contributed by atoms with Gasteiger partial charge >= 0.3 is 0 Å². The van der Waals surface area contributed by atoms with Crippen LogP contribution in [0.3, 0.4) is 0 Å². The van der Waals surface area contributed by atoms with E-state index < -0.39 is 0 Å². The molecule has 0 aliphatic heterocycles. The van der Waals surface area contributed by atoms with Crippen molar-refractivity contribution in [1.82, 2.24) is 4.98 Å². The number of hydrogen-bond acceptors (Lipinski definition) is 5. The van der Waals surface area contributed by atoms with Gasteiger partial charge in [-0.25, -0.2) is 4.98 Å². The summed E-state index contributed by atoms with van der Waals surface area (Å²) in [5, 5.41) is 15.0. The Morgan fingerprint density at radius 3 is 2.81 bits per heavy atom. The molecule has 0 spiro atoms. The van der Waals surface area contributed by atoms with Crippen LogP contribution >= 0.6 is 27.7 Å². The monoisotopic (exact) mass is 367 g/mol. The molecule has 0 radical (unpaired) electrons. The first kappa shape index (κ1) is 15.8. The molecule has 21 heavy (non-hydrogen) atoms. The second-order valence-corrected chi connectivity index (χ2v) is 6.14. The maximum absolute atomic E-state index is 10.9. The highest BCUT2D eigenvalue weighted by molar-refractivity contribution is 9.10. The van der Waals surface area contributed by atoms with Gasteiger partial charge in [0.05, 0.1) is 9.95 Å². The lowest BCUT2D eigenvalue weighted by Gasteiger charge is -2.10. The molecule has 5 nitrogen and oxygen atoms in total. The quantitative estimate of drug-likeness (QED) is 0.463. The molecule has 0 bridgehead atoms. The number of hydrogen-bond donors (Lipinski definition) is 1. The molecule has 0 amide bonds. The SMILES string of the molecule is CCNc1ccc([N+](=O)[O-])cc1CSc1ccc(Br)cn1. The van der Waals surface area contributed by atoms with Gasteiger partial charge in [-0.1, -0.05) is 0 Å². The topological polar surface area (TPSA) is 68.1 Å². The number of nitrogens with zero attached hydrogens (tertiary/aromatic N) is 2. The summed E-state index contributed by atoms with van der Waals surface area (Å²) in [7, 11) is 0. The van der Waals surface area contributed by atoms with Gasteiger partial charge < -0.3 is 5.32 Å². The van der Waals surface area contributed by atoms with Crippen LogP contribution in [0.2, 0.25) is 0 Å². The molecular weight excluding hydrogens is 354 g/mol. The highest BCUT2D eigenvalue weighted by Crippen LogP contribution is 2.29. The Morgan fingerprint density at radius 2 is 2.19 bits per heavy atom. The lowest BCUT2D eigenvalue weighted by atomic mass is 10.2. The van der Waals surface area contributed by atoms with E-state index in [0.717, 1.165) is 27.3 Å². The van der Waals surface area contributed by atoms with Crippen LogP contribution < -0.4 is 5.32 Å². The van der Waals surface area contributed by atoms with Crippen molar-refractivity contribution in [2.24, 2.45) is 0 Å². The minimum atomic E-state index is -0.373. The number of nitrogens with one attached hydrogen (secondary N) is 1. The van der Waals surface area contributed by atoms with E-state index in [1.165, 1.54) is 6.07 Å². The lowest BCUT2D eigenvalue weighted by Crippen LogP contribution is -2.01. The average molecular weight is 368 g/mol. The molecule has 0 saturated carbocycles. The number of nitro benzene ring substituents is 1. The Balaban J connectivity index is 2.17. The van der Waals surface area contributed by atoms with Crippen molar-refractivity contribution in [2.75, 3.05) is 11.9 Å². The van der Waals surface area contributed by atoms with Gasteiger partial charge in [0.1, 0.15) is 0 Å². The van der Waals surface area contributed by atoms with Crippen molar-refractivity contribution in [1.29, 1.82) is 0 Å². The second-order valence-electron chi connectivity index (χ2n) is 4.23. The third-order valence-electron chi connectivity index (χ3n) is 2.74. The van der Waals surface area contributed by atoms with Gasteiger partial charge in [0.2, 0.25) is 0 Å². The standard InChI is InChI=1S/C14H14BrN3O2S/c1-2-16-13-5-4-12(18(19)20)7-10(13)9-21-14-6-3-11(15)8-17-14/h3-8,16H,2,9H2,1H3. The summed E-state index contributed by atoms with van der Waals surface area (Å²) in [6.07, 6.45) is 1.74. The number of pyridine rings is 1. The smallest absolute Gasteiger partial charge is 0.269 e. The maximum atomic E-state index is 10.9. The molecule has 1 aromatic carbocycles. The van der Waals surface area contributed by atoms with Crippen LogP contribution in [-0.4, -0.2) is 16.5 Å². The molecule has 0 aliphatic carbocycles. The summed E-state index contributed by atoms with van der Waals surface area (Å²) in [6, 6.07) is 8.73. The molecule has 0 saturated heterocycles. The predicted octanol–water partition coefficient (Wildman–Crippen LogP) is 4.48. The molecule has 1 heterocycles. The van der Waals surface area contributed by atoms with E-state index in [1.54, 1.807) is 30.1 Å². The Labute approximate surface area is 135 Å². The van der Waals surface area contributed by atoms with Crippen molar-refractivity contribution in [3.63, 3.8) is 0 Å². The largest absolute Gasteiger partial charge is 0.385 e. The number of nitro groups is 1. The Morgan fingerprint density at radius 1 is 1.38 bits per heavy atom. The van der Waals surface area contributed by atoms with Crippen LogP contribution in [0, 0.1) is 10.1 Å². The molecule has 0 fully saturated rings. The van der Waals surface area contributed by atoms with Gasteiger partial charge in [0.25, 0.3) is 5.69 Å². The normalized spacial score (nSPS) is 10.4. The van der Waals surface area contributed by atoms with Crippen LogP contribution in [0.25, 0.3) is 0 Å². The molecule has 1 aromatic heterocycles. The number of benzene rings is 1. The average Bonchev–Trinajstić information content (AvgIpc) is 2.48. The molecule has 0 atom stereocenters. The number of halogens is 1. The first-order valence-corrected chi connectivity index (χ1v) is 8.13. The molecule has 110 valence electrons. The maximum Gasteiger partial charge on any atom is 0.269 e. The summed E-state index contributed by atoms with van der Waals surface area (Å²) >= 11 is 4.89. The zero-order chi connectivity index (χ0) is 15.2. The van der Waals surface area contributed by atoms with Crippen LogP contribution in [0.1, 0.15) is 12.5 Å². The van der Waals surface area contributed by atoms with E-state index in [-0.39, 0.29) is 10.6 Å². The van der Waals surface area contributed by atoms with Crippen LogP contribution in [0.15, 0.2) is 46.0 Å². The first-order valence-electron chi connectivity index (χ1n) is 6.35. The Hall–Kier alpha value is -1.60. The number of thioether (sulfide) groups is 1. The fraction of sp³-hybridized carbons (Fsp3) is 0.214. The minimum absolute atomic E-state index is 0.107. The number of anilines is 1. The van der Waals surface area contributed by atoms with Crippen molar-refractivity contribution < 1.29 is 4.92 Å². The lowest BCUT2D eigenvalue weighted by molar-refractivity contribution is -0.384. The fourth-order valence-corrected chi connectivity index (χ4v) is 2.84. The Kier molecular flexibility index (Phi) is 5.58. The number of aromatic nitrogens is 1. The molecule has 0 aliphatic rings. The molecule has 0 unspecified atom stereocenters. The zero-order valence-corrected chi connectivity index (χ0v) is 13.8. The molecule has 1 N–H and O–H groups in total. The third kappa shape index (κ3) is 4.44. The van der Waals surface area contributed by atoms with E-state index >= 15 is 0 Å². The highest BCUT2D eigenvalue weighted by Gasteiger charge is 2.11. The first-order chi connectivity index (χ1) is 10.1. The zero-order valence-electron chi connectivity index (χ0n) is 11.4. The Bertz CT molecular complexity index is 635. The van der Waals surface area contributed by atoms with E-state index in [2.05, 4.69) is 26.2 Å². The summed E-state index contributed by atoms with van der Waals surface area (Å²) in [4.78, 5) is 14.8. The summed E-state index contributed by atoms with van der Waals surface area (Å²) in [5.74, 6) is 0.624. The number of non-ortho nitro benzene ring substituents is 1. The highest BCUT2D eigenvalue weighted by atomic mass is 79.9. The van der Waals surface area contributed by atoms with E-state index in [4.69, 9.17) is 0 Å².